The van der Waals surface area contributed by atoms with Gasteiger partial charge in [-0.15, -0.1) is 0 Å². The Bertz CT molecular complexity index is 533. The second kappa shape index (κ2) is 4.72. The average molecular weight is 322 g/mol. The van der Waals surface area contributed by atoms with E-state index in [4.69, 9.17) is 9.47 Å². The summed E-state index contributed by atoms with van der Waals surface area (Å²) in [6, 6.07) is 0. The number of carbonyl (C=O) groups is 1. The summed E-state index contributed by atoms with van der Waals surface area (Å²) >= 11 is 0. The molecular weight excluding hydrogens is 290 g/mol. The van der Waals surface area contributed by atoms with Crippen molar-refractivity contribution < 1.29 is 18.8 Å². The first kappa shape index (κ1) is 15.9. The lowest BCUT2D eigenvalue weighted by atomic mass is 9.55. The molecule has 0 amide bonds. The molecule has 2 saturated carbocycles. The molecule has 4 nitrogen and oxygen atoms in total. The highest BCUT2D eigenvalue weighted by atomic mass is 16.7. The average Bonchev–Trinajstić information content (AvgIpc) is 3.11. The van der Waals surface area contributed by atoms with Crippen molar-refractivity contribution in [2.45, 2.75) is 63.8 Å². The number of esters is 1. The molecule has 0 unspecified atom stereocenters. The molecule has 2 heterocycles. The van der Waals surface area contributed by atoms with Gasteiger partial charge in [-0.25, -0.2) is 0 Å². The van der Waals surface area contributed by atoms with Crippen LogP contribution in [0.1, 0.15) is 46.5 Å². The molecule has 0 bridgehead atoms. The Labute approximate surface area is 140 Å². The van der Waals surface area contributed by atoms with E-state index in [-0.39, 0.29) is 29.2 Å². The minimum absolute atomic E-state index is 0.0316. The summed E-state index contributed by atoms with van der Waals surface area (Å²) in [4.78, 5) is 12.9. The van der Waals surface area contributed by atoms with Crippen LogP contribution in [0, 0.1) is 23.7 Å². The lowest BCUT2D eigenvalue weighted by molar-refractivity contribution is -0.891. The molecule has 2 aliphatic heterocycles. The minimum atomic E-state index is -0.319. The van der Waals surface area contributed by atoms with E-state index in [0.29, 0.717) is 17.8 Å². The zero-order valence-electron chi connectivity index (χ0n) is 15.3. The Kier molecular flexibility index (Phi) is 3.26. The summed E-state index contributed by atoms with van der Waals surface area (Å²) in [5.41, 5.74) is -0.351. The Hall–Kier alpha value is -0.610. The molecule has 1 spiro atoms. The fourth-order valence-electron chi connectivity index (χ4n) is 5.92. The quantitative estimate of drug-likeness (QED) is 0.455. The summed E-state index contributed by atoms with van der Waals surface area (Å²) in [6.45, 7) is 8.70. The van der Waals surface area contributed by atoms with Crippen molar-refractivity contribution in [3.8, 4) is 0 Å². The molecule has 4 heteroatoms. The van der Waals surface area contributed by atoms with Crippen molar-refractivity contribution in [1.82, 2.24) is 0 Å². The van der Waals surface area contributed by atoms with Gasteiger partial charge in [-0.2, -0.15) is 0 Å². The molecule has 2 aliphatic carbocycles. The van der Waals surface area contributed by atoms with Gasteiger partial charge in [0.05, 0.1) is 32.8 Å². The molecule has 0 aromatic carbocycles. The second-order valence-corrected chi connectivity index (χ2v) is 9.43. The molecule has 0 radical (unpaired) electrons. The number of hydrogen-bond acceptors (Lipinski definition) is 3. The van der Waals surface area contributed by atoms with Gasteiger partial charge in [-0.05, 0) is 45.4 Å². The van der Waals surface area contributed by atoms with Gasteiger partial charge in [0.1, 0.15) is 17.6 Å². The minimum Gasteiger partial charge on any atom is -0.455 e. The molecule has 7 atom stereocenters. The topological polar surface area (TPSA) is 38.8 Å². The number of rotatable bonds is 3. The van der Waals surface area contributed by atoms with Crippen LogP contribution in [-0.2, 0) is 14.3 Å². The van der Waals surface area contributed by atoms with Crippen LogP contribution in [0.2, 0.25) is 0 Å². The van der Waals surface area contributed by atoms with E-state index in [1.54, 1.807) is 0 Å². The molecule has 2 saturated heterocycles. The number of carbonyl (C=O) groups excluding carboxylic acids is 1. The monoisotopic (exact) mass is 322 g/mol. The lowest BCUT2D eigenvalue weighted by Gasteiger charge is -2.50. The fourth-order valence-corrected chi connectivity index (χ4v) is 5.92. The highest BCUT2D eigenvalue weighted by molar-refractivity contribution is 5.77. The zero-order chi connectivity index (χ0) is 16.6. The van der Waals surface area contributed by atoms with Crippen LogP contribution in [0.25, 0.3) is 0 Å². The number of quaternary nitrogens is 1. The van der Waals surface area contributed by atoms with Gasteiger partial charge in [0.2, 0.25) is 0 Å². The second-order valence-electron chi connectivity index (χ2n) is 9.43. The summed E-state index contributed by atoms with van der Waals surface area (Å²) in [5.74, 6) is 1.58. The molecule has 0 aromatic heterocycles. The van der Waals surface area contributed by atoms with Crippen LogP contribution in [0.5, 0.6) is 0 Å². The van der Waals surface area contributed by atoms with E-state index in [0.717, 1.165) is 36.8 Å². The third-order valence-electron chi connectivity index (χ3n) is 7.64. The van der Waals surface area contributed by atoms with Crippen LogP contribution in [0.4, 0.5) is 0 Å². The normalized spacial score (nSPS) is 51.5. The van der Waals surface area contributed by atoms with Gasteiger partial charge in [0, 0.05) is 11.8 Å². The third kappa shape index (κ3) is 2.07. The molecule has 4 rings (SSSR count). The number of fused-ring (bicyclic) bond motifs is 1. The van der Waals surface area contributed by atoms with Crippen LogP contribution >= 0.6 is 0 Å². The molecule has 0 aromatic rings. The van der Waals surface area contributed by atoms with E-state index in [1.807, 2.05) is 0 Å². The summed E-state index contributed by atoms with van der Waals surface area (Å²) in [7, 11) is 4.44. The van der Waals surface area contributed by atoms with Crippen molar-refractivity contribution in [2.24, 2.45) is 23.7 Å². The number of ether oxygens (including phenoxy) is 2. The first-order chi connectivity index (χ1) is 10.7. The fraction of sp³-hybridized carbons (Fsp3) is 0.947. The van der Waals surface area contributed by atoms with Crippen LogP contribution < -0.4 is 0 Å². The van der Waals surface area contributed by atoms with Crippen molar-refractivity contribution >= 4 is 5.97 Å². The van der Waals surface area contributed by atoms with Crippen LogP contribution in [-0.4, -0.2) is 54.9 Å². The van der Waals surface area contributed by atoms with Crippen molar-refractivity contribution in [3.63, 3.8) is 0 Å². The lowest BCUT2D eigenvalue weighted by Crippen LogP contribution is -2.59. The first-order valence-electron chi connectivity index (χ1n) is 9.46. The van der Waals surface area contributed by atoms with Gasteiger partial charge >= 0.3 is 5.97 Å². The van der Waals surface area contributed by atoms with Crippen LogP contribution in [0.15, 0.2) is 0 Å². The number of nitrogens with zero attached hydrogens (tertiary/aromatic N) is 1. The molecular formula is C19H32NO3+. The van der Waals surface area contributed by atoms with E-state index in [1.165, 1.54) is 6.42 Å². The molecule has 23 heavy (non-hydrogen) atoms. The van der Waals surface area contributed by atoms with Gasteiger partial charge in [-0.3, -0.25) is 4.79 Å². The largest absolute Gasteiger partial charge is 0.455 e. The summed E-state index contributed by atoms with van der Waals surface area (Å²) in [5, 5.41) is 0. The Morgan fingerprint density at radius 2 is 1.96 bits per heavy atom. The van der Waals surface area contributed by atoms with E-state index in [2.05, 4.69) is 34.9 Å². The van der Waals surface area contributed by atoms with E-state index < -0.39 is 0 Å². The van der Waals surface area contributed by atoms with Crippen molar-refractivity contribution in [3.05, 3.63) is 0 Å². The number of epoxide rings is 1. The Morgan fingerprint density at radius 3 is 2.65 bits per heavy atom. The highest BCUT2D eigenvalue weighted by Gasteiger charge is 2.77. The summed E-state index contributed by atoms with van der Waals surface area (Å²) in [6.07, 6.45) is 4.77. The van der Waals surface area contributed by atoms with Gasteiger partial charge in [0.25, 0.3) is 0 Å². The SMILES string of the molecule is CC[N+](C)(C)C[C@H]1C(=O)O[C@@]23[C@@H](CC[C@@]4(C)O[C@@H]24)[C@H](C)CC[C@@H]13. The smallest absolute Gasteiger partial charge is 0.315 e. The third-order valence-corrected chi connectivity index (χ3v) is 7.64. The van der Waals surface area contributed by atoms with Gasteiger partial charge < -0.3 is 14.0 Å². The van der Waals surface area contributed by atoms with Crippen molar-refractivity contribution in [1.29, 1.82) is 0 Å². The van der Waals surface area contributed by atoms with E-state index in [9.17, 15) is 4.79 Å². The molecule has 4 fully saturated rings. The van der Waals surface area contributed by atoms with Crippen molar-refractivity contribution in [2.75, 3.05) is 27.2 Å². The standard InChI is InChI=1S/C19H32NO3/c1-6-20(4,5)11-13-15-8-7-12(2)14-9-10-18(3)17(23-18)19(14,15)22-16(13)21/h12-15,17H,6-11H2,1-5H3/q+1/t12-,13-,14+,15+,17-,18-,19-/m1/s1. The maximum absolute atomic E-state index is 12.9. The maximum Gasteiger partial charge on any atom is 0.315 e. The highest BCUT2D eigenvalue weighted by Crippen LogP contribution is 2.66. The predicted molar refractivity (Wildman–Crippen MR) is 87.7 cm³/mol. The van der Waals surface area contributed by atoms with Crippen LogP contribution in [0.3, 0.4) is 0 Å². The Balaban J connectivity index is 1.70. The van der Waals surface area contributed by atoms with Gasteiger partial charge in [-0.1, -0.05) is 6.92 Å². The number of hydrogen-bond donors (Lipinski definition) is 0. The predicted octanol–water partition coefficient (Wildman–Crippen LogP) is 2.61. The first-order valence-corrected chi connectivity index (χ1v) is 9.46. The maximum atomic E-state index is 12.9. The van der Waals surface area contributed by atoms with E-state index >= 15 is 0 Å². The molecule has 130 valence electrons. The zero-order valence-corrected chi connectivity index (χ0v) is 15.3. The van der Waals surface area contributed by atoms with Gasteiger partial charge in [0.15, 0.2) is 0 Å². The Morgan fingerprint density at radius 1 is 1.22 bits per heavy atom. The summed E-state index contributed by atoms with van der Waals surface area (Å²) < 4.78 is 13.3. The molecule has 4 aliphatic rings. The molecule has 0 N–H and O–H groups in total.